The van der Waals surface area contributed by atoms with E-state index >= 15 is 0 Å². The van der Waals surface area contributed by atoms with Crippen molar-refractivity contribution < 1.29 is 14.3 Å². The second-order valence-electron chi connectivity index (χ2n) is 4.44. The van der Waals surface area contributed by atoms with Crippen LogP contribution in [0.25, 0.3) is 0 Å². The van der Waals surface area contributed by atoms with Gasteiger partial charge in [-0.05, 0) is 25.2 Å². The van der Waals surface area contributed by atoms with E-state index in [0.29, 0.717) is 12.8 Å². The molecule has 0 N–H and O–H groups in total. The molecule has 0 bridgehead atoms. The molecule has 0 spiro atoms. The fraction of sp³-hybridized carbons (Fsp3) is 0.818. The molecular formula is C11H20O3. The van der Waals surface area contributed by atoms with Crippen molar-refractivity contribution in [2.45, 2.75) is 46.5 Å². The molecule has 0 saturated heterocycles. The van der Waals surface area contributed by atoms with Gasteiger partial charge in [0.2, 0.25) is 0 Å². The van der Waals surface area contributed by atoms with Crippen molar-refractivity contribution in [2.24, 2.45) is 5.41 Å². The highest BCUT2D eigenvalue weighted by Crippen LogP contribution is 2.28. The topological polar surface area (TPSA) is 43.4 Å². The third kappa shape index (κ3) is 6.63. The van der Waals surface area contributed by atoms with Gasteiger partial charge in [-0.3, -0.25) is 4.79 Å². The molecule has 0 aliphatic rings. The standard InChI is InChI=1S/C11H20O3/c1-9(12)5-7-11(2,3)8-6-10(13)14-4/h5-8H2,1-4H3. The minimum atomic E-state index is -0.180. The van der Waals surface area contributed by atoms with Crippen LogP contribution in [-0.2, 0) is 14.3 Å². The van der Waals surface area contributed by atoms with Crippen molar-refractivity contribution in [3.05, 3.63) is 0 Å². The molecule has 0 atom stereocenters. The molecule has 0 fully saturated rings. The summed E-state index contributed by atoms with van der Waals surface area (Å²) in [6.45, 7) is 5.73. The third-order valence-corrected chi connectivity index (χ3v) is 2.39. The van der Waals surface area contributed by atoms with E-state index in [1.807, 2.05) is 0 Å². The van der Waals surface area contributed by atoms with Gasteiger partial charge in [-0.1, -0.05) is 13.8 Å². The van der Waals surface area contributed by atoms with Crippen molar-refractivity contribution in [3.63, 3.8) is 0 Å². The smallest absolute Gasteiger partial charge is 0.305 e. The molecule has 0 unspecified atom stereocenters. The predicted molar refractivity (Wildman–Crippen MR) is 54.9 cm³/mol. The largest absolute Gasteiger partial charge is 0.469 e. The number of methoxy groups -OCH3 is 1. The quantitative estimate of drug-likeness (QED) is 0.618. The molecule has 14 heavy (non-hydrogen) atoms. The number of Topliss-reactive ketones (excluding diaryl/α,β-unsaturated/α-hetero) is 1. The van der Waals surface area contributed by atoms with Crippen LogP contribution in [0.5, 0.6) is 0 Å². The highest BCUT2D eigenvalue weighted by Gasteiger charge is 2.19. The Morgan fingerprint density at radius 3 is 2.07 bits per heavy atom. The molecule has 0 aromatic carbocycles. The van der Waals surface area contributed by atoms with E-state index in [1.54, 1.807) is 6.92 Å². The molecule has 0 amide bonds. The van der Waals surface area contributed by atoms with Crippen LogP contribution in [-0.4, -0.2) is 18.9 Å². The Morgan fingerprint density at radius 1 is 1.14 bits per heavy atom. The summed E-state index contributed by atoms with van der Waals surface area (Å²) in [7, 11) is 1.39. The minimum absolute atomic E-state index is 0.0415. The summed E-state index contributed by atoms with van der Waals surface area (Å²) in [5.41, 5.74) is 0.0415. The second-order valence-corrected chi connectivity index (χ2v) is 4.44. The molecule has 0 aliphatic heterocycles. The number of ether oxygens (including phenoxy) is 1. The Balaban J connectivity index is 3.82. The zero-order valence-electron chi connectivity index (χ0n) is 9.55. The van der Waals surface area contributed by atoms with Gasteiger partial charge in [-0.2, -0.15) is 0 Å². The third-order valence-electron chi connectivity index (χ3n) is 2.39. The van der Waals surface area contributed by atoms with Crippen molar-refractivity contribution in [1.29, 1.82) is 0 Å². The zero-order chi connectivity index (χ0) is 11.2. The van der Waals surface area contributed by atoms with Gasteiger partial charge in [0.05, 0.1) is 7.11 Å². The first-order valence-electron chi connectivity index (χ1n) is 4.93. The van der Waals surface area contributed by atoms with Crippen molar-refractivity contribution >= 4 is 11.8 Å². The van der Waals surface area contributed by atoms with E-state index in [9.17, 15) is 9.59 Å². The number of esters is 1. The Morgan fingerprint density at radius 2 is 1.64 bits per heavy atom. The first-order valence-corrected chi connectivity index (χ1v) is 4.93. The molecular weight excluding hydrogens is 180 g/mol. The molecule has 0 saturated carbocycles. The number of carbonyl (C=O) groups excluding carboxylic acids is 2. The lowest BCUT2D eigenvalue weighted by Crippen LogP contribution is -2.15. The van der Waals surface area contributed by atoms with E-state index in [0.717, 1.165) is 12.8 Å². The summed E-state index contributed by atoms with van der Waals surface area (Å²) in [5.74, 6) is 0.0250. The van der Waals surface area contributed by atoms with Crippen LogP contribution < -0.4 is 0 Å². The first-order chi connectivity index (χ1) is 6.37. The average Bonchev–Trinajstić information content (AvgIpc) is 2.11. The maximum absolute atomic E-state index is 10.9. The van der Waals surface area contributed by atoms with Crippen LogP contribution in [0.4, 0.5) is 0 Å². The Kier molecular flexibility index (Phi) is 5.43. The fourth-order valence-electron chi connectivity index (χ4n) is 1.18. The molecule has 3 heteroatoms. The molecule has 82 valence electrons. The lowest BCUT2D eigenvalue weighted by atomic mass is 9.83. The SMILES string of the molecule is COC(=O)CCC(C)(C)CCC(C)=O. The molecule has 0 radical (unpaired) electrons. The van der Waals surface area contributed by atoms with Crippen molar-refractivity contribution in [2.75, 3.05) is 7.11 Å². The summed E-state index contributed by atoms with van der Waals surface area (Å²) in [4.78, 5) is 21.7. The molecule has 0 rings (SSSR count). The maximum atomic E-state index is 10.9. The van der Waals surface area contributed by atoms with E-state index in [4.69, 9.17) is 0 Å². The molecule has 0 aromatic rings. The summed E-state index contributed by atoms with van der Waals surface area (Å²) in [6, 6.07) is 0. The number of ketones is 1. The average molecular weight is 200 g/mol. The van der Waals surface area contributed by atoms with Crippen LogP contribution in [0, 0.1) is 5.41 Å². The van der Waals surface area contributed by atoms with Gasteiger partial charge >= 0.3 is 5.97 Å². The van der Waals surface area contributed by atoms with Gasteiger partial charge in [0.1, 0.15) is 5.78 Å². The Labute approximate surface area is 85.8 Å². The summed E-state index contributed by atoms with van der Waals surface area (Å²) in [5, 5.41) is 0. The second kappa shape index (κ2) is 5.78. The summed E-state index contributed by atoms with van der Waals surface area (Å²) < 4.78 is 4.57. The molecule has 0 heterocycles. The normalized spacial score (nSPS) is 11.1. The monoisotopic (exact) mass is 200 g/mol. The highest BCUT2D eigenvalue weighted by molar-refractivity contribution is 5.75. The van der Waals surface area contributed by atoms with Crippen LogP contribution in [0.3, 0.4) is 0 Å². The van der Waals surface area contributed by atoms with Crippen LogP contribution in [0.1, 0.15) is 46.5 Å². The van der Waals surface area contributed by atoms with E-state index in [-0.39, 0.29) is 17.2 Å². The van der Waals surface area contributed by atoms with E-state index in [1.165, 1.54) is 7.11 Å². The van der Waals surface area contributed by atoms with Gasteiger partial charge < -0.3 is 9.53 Å². The fourth-order valence-corrected chi connectivity index (χ4v) is 1.18. The lowest BCUT2D eigenvalue weighted by molar-refractivity contribution is -0.141. The number of carbonyl (C=O) groups is 2. The van der Waals surface area contributed by atoms with Crippen LogP contribution in [0.15, 0.2) is 0 Å². The van der Waals surface area contributed by atoms with E-state index in [2.05, 4.69) is 18.6 Å². The number of hydrogen-bond acceptors (Lipinski definition) is 3. The summed E-state index contributed by atoms with van der Waals surface area (Å²) >= 11 is 0. The van der Waals surface area contributed by atoms with Crippen LogP contribution >= 0.6 is 0 Å². The van der Waals surface area contributed by atoms with Crippen LogP contribution in [0.2, 0.25) is 0 Å². The van der Waals surface area contributed by atoms with Gasteiger partial charge in [0.25, 0.3) is 0 Å². The van der Waals surface area contributed by atoms with Gasteiger partial charge in [0, 0.05) is 12.8 Å². The molecule has 0 aliphatic carbocycles. The first kappa shape index (κ1) is 13.1. The van der Waals surface area contributed by atoms with Gasteiger partial charge in [-0.25, -0.2) is 0 Å². The number of rotatable bonds is 6. The van der Waals surface area contributed by atoms with Crippen molar-refractivity contribution in [3.8, 4) is 0 Å². The highest BCUT2D eigenvalue weighted by atomic mass is 16.5. The predicted octanol–water partition coefficient (Wildman–Crippen LogP) is 2.33. The zero-order valence-corrected chi connectivity index (χ0v) is 9.55. The van der Waals surface area contributed by atoms with Gasteiger partial charge in [0.15, 0.2) is 0 Å². The Hall–Kier alpha value is -0.860. The van der Waals surface area contributed by atoms with E-state index < -0.39 is 0 Å². The lowest BCUT2D eigenvalue weighted by Gasteiger charge is -2.23. The van der Waals surface area contributed by atoms with Crippen molar-refractivity contribution in [1.82, 2.24) is 0 Å². The number of hydrogen-bond donors (Lipinski definition) is 0. The molecule has 3 nitrogen and oxygen atoms in total. The van der Waals surface area contributed by atoms with Gasteiger partial charge in [-0.15, -0.1) is 0 Å². The molecule has 0 aromatic heterocycles. The maximum Gasteiger partial charge on any atom is 0.305 e. The Bertz CT molecular complexity index is 207. The summed E-state index contributed by atoms with van der Waals surface area (Å²) in [6.07, 6.45) is 2.63. The minimum Gasteiger partial charge on any atom is -0.469 e.